The smallest absolute Gasteiger partial charge is 0.252 e. The van der Waals surface area contributed by atoms with E-state index in [1.807, 2.05) is 32.0 Å². The van der Waals surface area contributed by atoms with E-state index >= 15 is 0 Å². The highest BCUT2D eigenvalue weighted by molar-refractivity contribution is 5.97. The maximum atomic E-state index is 12.7. The average molecular weight is 404 g/mol. The van der Waals surface area contributed by atoms with Crippen LogP contribution in [-0.4, -0.2) is 38.9 Å². The predicted octanol–water partition coefficient (Wildman–Crippen LogP) is 2.35. The molecule has 2 aromatic heterocycles. The number of H-pyrrole nitrogens is 1. The molecule has 1 amide bonds. The van der Waals surface area contributed by atoms with Gasteiger partial charge in [0.25, 0.3) is 5.56 Å². The summed E-state index contributed by atoms with van der Waals surface area (Å²) >= 11 is 0. The molecular formula is C22H24N6O2. The van der Waals surface area contributed by atoms with Gasteiger partial charge in [-0.3, -0.25) is 24.5 Å². The Labute approximate surface area is 174 Å². The van der Waals surface area contributed by atoms with Crippen LogP contribution in [0.5, 0.6) is 0 Å². The van der Waals surface area contributed by atoms with Gasteiger partial charge in [0.05, 0.1) is 11.4 Å². The van der Waals surface area contributed by atoms with Crippen LogP contribution in [0.3, 0.4) is 0 Å². The lowest BCUT2D eigenvalue weighted by atomic mass is 10.0. The third-order valence-electron chi connectivity index (χ3n) is 5.46. The van der Waals surface area contributed by atoms with Crippen molar-refractivity contribution in [3.63, 3.8) is 0 Å². The number of aromatic amines is 1. The summed E-state index contributed by atoms with van der Waals surface area (Å²) in [7, 11) is 0. The molecule has 1 saturated heterocycles. The lowest BCUT2D eigenvalue weighted by Crippen LogP contribution is -2.25. The zero-order chi connectivity index (χ0) is 21.1. The van der Waals surface area contributed by atoms with Crippen LogP contribution in [-0.2, 0) is 11.2 Å². The van der Waals surface area contributed by atoms with Crippen molar-refractivity contribution in [1.29, 1.82) is 0 Å². The van der Waals surface area contributed by atoms with Gasteiger partial charge in [-0.05, 0) is 31.0 Å². The number of nitrogens with zero attached hydrogens (tertiary/aromatic N) is 4. The molecule has 1 fully saturated rings. The van der Waals surface area contributed by atoms with Crippen molar-refractivity contribution in [1.82, 2.24) is 19.9 Å². The normalized spacial score (nSPS) is 16.1. The monoisotopic (exact) mass is 404 g/mol. The third-order valence-corrected chi connectivity index (χ3v) is 5.46. The topological polar surface area (TPSA) is 104 Å². The number of carbonyl (C=O) groups excluding carboxylic acids is 1. The molecule has 0 radical (unpaired) electrons. The summed E-state index contributed by atoms with van der Waals surface area (Å²) in [6.45, 7) is 5.13. The van der Waals surface area contributed by atoms with E-state index < -0.39 is 0 Å². The highest BCUT2D eigenvalue weighted by Gasteiger charge is 2.33. The van der Waals surface area contributed by atoms with Gasteiger partial charge >= 0.3 is 0 Å². The van der Waals surface area contributed by atoms with Crippen LogP contribution in [0.2, 0.25) is 0 Å². The van der Waals surface area contributed by atoms with Crippen LogP contribution in [0, 0.1) is 13.8 Å². The largest absolute Gasteiger partial charge is 0.355 e. The number of aromatic nitrogens is 4. The second-order valence-corrected chi connectivity index (χ2v) is 7.52. The summed E-state index contributed by atoms with van der Waals surface area (Å²) < 4.78 is 0. The third kappa shape index (κ3) is 4.22. The van der Waals surface area contributed by atoms with Gasteiger partial charge in [-0.25, -0.2) is 4.98 Å². The maximum absolute atomic E-state index is 12.7. The van der Waals surface area contributed by atoms with Crippen LogP contribution in [0.25, 0.3) is 0 Å². The van der Waals surface area contributed by atoms with Crippen LogP contribution in [0.15, 0.2) is 47.7 Å². The highest BCUT2D eigenvalue weighted by Crippen LogP contribution is 2.33. The zero-order valence-corrected chi connectivity index (χ0v) is 17.1. The minimum absolute atomic E-state index is 0.0490. The molecule has 0 spiro atoms. The molecule has 8 heteroatoms. The Morgan fingerprint density at radius 3 is 2.90 bits per heavy atom. The fourth-order valence-electron chi connectivity index (χ4n) is 3.70. The van der Waals surface area contributed by atoms with E-state index in [0.29, 0.717) is 37.6 Å². The number of nitrogens with one attached hydrogen (secondary N) is 2. The van der Waals surface area contributed by atoms with Crippen molar-refractivity contribution in [2.75, 3.05) is 23.3 Å². The molecule has 8 nitrogen and oxygen atoms in total. The predicted molar refractivity (Wildman–Crippen MR) is 115 cm³/mol. The molecule has 0 bridgehead atoms. The molecule has 1 atom stereocenters. The number of amides is 1. The highest BCUT2D eigenvalue weighted by atomic mass is 16.2. The number of hydrogen-bond donors (Lipinski definition) is 2. The molecule has 3 heterocycles. The molecule has 2 N–H and O–H groups in total. The molecule has 30 heavy (non-hydrogen) atoms. The van der Waals surface area contributed by atoms with Gasteiger partial charge in [0.15, 0.2) is 0 Å². The molecule has 3 aromatic rings. The molecule has 1 aromatic carbocycles. The van der Waals surface area contributed by atoms with Crippen LogP contribution in [0.1, 0.15) is 34.9 Å². The SMILES string of the molecule is Cc1cccc(N2CC(c3cc(=O)[nH]c(NCCc4cnccn4)n3)CC2=O)c1C. The number of benzene rings is 1. The minimum atomic E-state index is -0.236. The number of hydrogen-bond acceptors (Lipinski definition) is 6. The molecule has 1 aliphatic rings. The Hall–Kier alpha value is -3.55. The number of aryl methyl sites for hydroxylation is 1. The number of rotatable bonds is 6. The Morgan fingerprint density at radius 1 is 1.23 bits per heavy atom. The van der Waals surface area contributed by atoms with Gasteiger partial charge in [0, 0.05) is 62.2 Å². The second-order valence-electron chi connectivity index (χ2n) is 7.52. The van der Waals surface area contributed by atoms with Gasteiger partial charge in [-0.15, -0.1) is 0 Å². The summed E-state index contributed by atoms with van der Waals surface area (Å²) in [5.41, 5.74) is 4.41. The first-order chi connectivity index (χ1) is 14.5. The van der Waals surface area contributed by atoms with Crippen LogP contribution >= 0.6 is 0 Å². The van der Waals surface area contributed by atoms with Gasteiger partial charge in [0.2, 0.25) is 11.9 Å². The molecule has 154 valence electrons. The van der Waals surface area contributed by atoms with E-state index in [1.165, 1.54) is 6.07 Å². The average Bonchev–Trinajstić information content (AvgIpc) is 3.12. The Morgan fingerprint density at radius 2 is 2.10 bits per heavy atom. The van der Waals surface area contributed by atoms with Crippen LogP contribution < -0.4 is 15.8 Å². The summed E-state index contributed by atoms with van der Waals surface area (Å²) in [4.78, 5) is 42.2. The lowest BCUT2D eigenvalue weighted by molar-refractivity contribution is -0.117. The number of anilines is 2. The standard InChI is InChI=1S/C22H24N6O2/c1-14-4-3-5-19(15(14)2)28-13-16(10-21(28)30)18-11-20(29)27-22(26-18)25-7-6-17-12-23-8-9-24-17/h3-5,8-9,11-12,16H,6-7,10,13H2,1-2H3,(H2,25,26,27,29). The van der Waals surface area contributed by atoms with E-state index in [0.717, 1.165) is 22.5 Å². The maximum Gasteiger partial charge on any atom is 0.252 e. The van der Waals surface area contributed by atoms with E-state index in [-0.39, 0.29) is 17.4 Å². The van der Waals surface area contributed by atoms with Gasteiger partial charge in [-0.2, -0.15) is 0 Å². The first kappa shape index (κ1) is 19.8. The summed E-state index contributed by atoms with van der Waals surface area (Å²) in [5.74, 6) is 0.326. The zero-order valence-electron chi connectivity index (χ0n) is 17.1. The Balaban J connectivity index is 1.48. The first-order valence-corrected chi connectivity index (χ1v) is 9.98. The van der Waals surface area contributed by atoms with Crippen molar-refractivity contribution in [2.24, 2.45) is 0 Å². The van der Waals surface area contributed by atoms with Gasteiger partial charge in [-0.1, -0.05) is 12.1 Å². The van der Waals surface area contributed by atoms with Crippen molar-refractivity contribution >= 4 is 17.5 Å². The molecule has 0 aliphatic carbocycles. The fraction of sp³-hybridized carbons (Fsp3) is 0.318. The van der Waals surface area contributed by atoms with E-state index in [1.54, 1.807) is 23.5 Å². The minimum Gasteiger partial charge on any atom is -0.355 e. The van der Waals surface area contributed by atoms with E-state index in [9.17, 15) is 9.59 Å². The molecule has 0 saturated carbocycles. The summed E-state index contributed by atoms with van der Waals surface area (Å²) in [6.07, 6.45) is 5.98. The van der Waals surface area contributed by atoms with Crippen molar-refractivity contribution in [3.8, 4) is 0 Å². The molecule has 4 rings (SSSR count). The van der Waals surface area contributed by atoms with Crippen molar-refractivity contribution < 1.29 is 4.79 Å². The summed E-state index contributed by atoms with van der Waals surface area (Å²) in [5, 5.41) is 3.14. The second kappa shape index (κ2) is 8.44. The Kier molecular flexibility index (Phi) is 5.56. The molecule has 1 unspecified atom stereocenters. The van der Waals surface area contributed by atoms with Crippen molar-refractivity contribution in [2.45, 2.75) is 32.6 Å². The molecule has 1 aliphatic heterocycles. The Bertz CT molecular complexity index is 1110. The summed E-state index contributed by atoms with van der Waals surface area (Å²) in [6, 6.07) is 7.45. The van der Waals surface area contributed by atoms with Crippen molar-refractivity contribution in [3.05, 3.63) is 75.7 Å². The first-order valence-electron chi connectivity index (χ1n) is 9.98. The quantitative estimate of drug-likeness (QED) is 0.654. The van der Waals surface area contributed by atoms with Gasteiger partial charge in [0.1, 0.15) is 0 Å². The fourth-order valence-corrected chi connectivity index (χ4v) is 3.70. The van der Waals surface area contributed by atoms with Gasteiger partial charge < -0.3 is 10.2 Å². The van der Waals surface area contributed by atoms with Crippen LogP contribution in [0.4, 0.5) is 11.6 Å². The van der Waals surface area contributed by atoms with E-state index in [2.05, 4.69) is 25.3 Å². The van der Waals surface area contributed by atoms with E-state index in [4.69, 9.17) is 0 Å². The molecular weight excluding hydrogens is 380 g/mol. The number of carbonyl (C=O) groups is 1. The lowest BCUT2D eigenvalue weighted by Gasteiger charge is -2.20.